The number of nitrogens with one attached hydrogen (secondary N) is 2. The van der Waals surface area contributed by atoms with Crippen LogP contribution in [0, 0.1) is 11.3 Å². The Morgan fingerprint density at radius 3 is 2.52 bits per heavy atom. The van der Waals surface area contributed by atoms with Crippen molar-refractivity contribution in [1.29, 1.82) is 5.26 Å². The molecule has 2 aromatic rings. The lowest BCUT2D eigenvalue weighted by Gasteiger charge is -2.13. The normalized spacial score (nSPS) is 11.7. The highest BCUT2D eigenvalue weighted by Gasteiger charge is 2.16. The van der Waals surface area contributed by atoms with Crippen LogP contribution in [0.25, 0.3) is 11.1 Å². The second kappa shape index (κ2) is 8.76. The maximum atomic E-state index is 8.96. The third-order valence-electron chi connectivity index (χ3n) is 3.73. The van der Waals surface area contributed by atoms with Crippen LogP contribution in [0.15, 0.2) is 36.4 Å². The average molecular weight is 352 g/mol. The van der Waals surface area contributed by atoms with E-state index in [1.807, 2.05) is 24.3 Å². The molecule has 0 spiro atoms. The number of aliphatic hydroxyl groups is 1. The highest BCUT2D eigenvalue weighted by atomic mass is 35.5. The number of aliphatic hydroxyl groups excluding tert-OH is 1. The molecule has 2 aromatic carbocycles. The van der Waals surface area contributed by atoms with Crippen molar-refractivity contribution in [2.24, 2.45) is 0 Å². The minimum Gasteiger partial charge on any atom is -0.395 e. The molecular formula is C17H19Cl2N3O. The molecule has 0 amide bonds. The Morgan fingerprint density at radius 2 is 1.87 bits per heavy atom. The highest BCUT2D eigenvalue weighted by Crippen LogP contribution is 2.32. The molecule has 0 unspecified atom stereocenters. The molecule has 0 bridgehead atoms. The zero-order valence-electron chi connectivity index (χ0n) is 12.5. The predicted molar refractivity (Wildman–Crippen MR) is 97.2 cm³/mol. The Labute approximate surface area is 148 Å². The fraction of sp³-hybridized carbons (Fsp3) is 0.235. The van der Waals surface area contributed by atoms with Crippen molar-refractivity contribution in [3.63, 3.8) is 0 Å². The van der Waals surface area contributed by atoms with E-state index < -0.39 is 0 Å². The van der Waals surface area contributed by atoms with Gasteiger partial charge in [0.05, 0.1) is 18.2 Å². The Balaban J connectivity index is 0.00000132. The molecule has 0 aliphatic carbocycles. The summed E-state index contributed by atoms with van der Waals surface area (Å²) in [5.41, 5.74) is 6.59. The second-order valence-electron chi connectivity index (χ2n) is 5.10. The molecule has 3 N–H and O–H groups in total. The van der Waals surface area contributed by atoms with E-state index >= 15 is 0 Å². The van der Waals surface area contributed by atoms with Crippen LogP contribution in [0.1, 0.15) is 16.7 Å². The SMILES string of the molecule is Cl.Cl.N#Cc1ccc(-c2cc(NCCO)cc3c2CNC3)cc1. The summed E-state index contributed by atoms with van der Waals surface area (Å²) in [6.45, 7) is 2.39. The van der Waals surface area contributed by atoms with Crippen molar-refractivity contribution in [2.75, 3.05) is 18.5 Å². The second-order valence-corrected chi connectivity index (χ2v) is 5.10. The standard InChI is InChI=1S/C17H17N3O.2ClH/c18-9-12-1-3-13(4-2-12)16-8-15(20-5-6-21)7-14-10-19-11-17(14)16;;/h1-4,7-8,19-21H,5-6,10-11H2;2*1H. The van der Waals surface area contributed by atoms with Crippen LogP contribution in [0.2, 0.25) is 0 Å². The Bertz CT molecular complexity index is 696. The number of nitriles is 1. The maximum absolute atomic E-state index is 8.96. The van der Waals surface area contributed by atoms with E-state index in [0.29, 0.717) is 12.1 Å². The number of hydrogen-bond donors (Lipinski definition) is 3. The van der Waals surface area contributed by atoms with Gasteiger partial charge in [-0.05, 0) is 46.5 Å². The van der Waals surface area contributed by atoms with Gasteiger partial charge in [-0.15, -0.1) is 24.8 Å². The molecule has 122 valence electrons. The van der Waals surface area contributed by atoms with Gasteiger partial charge in [-0.1, -0.05) is 12.1 Å². The lowest BCUT2D eigenvalue weighted by atomic mass is 9.95. The summed E-state index contributed by atoms with van der Waals surface area (Å²) in [6, 6.07) is 14.1. The van der Waals surface area contributed by atoms with E-state index in [9.17, 15) is 0 Å². The molecule has 1 heterocycles. The summed E-state index contributed by atoms with van der Waals surface area (Å²) in [4.78, 5) is 0. The summed E-state index contributed by atoms with van der Waals surface area (Å²) in [7, 11) is 0. The first-order chi connectivity index (χ1) is 10.3. The number of hydrogen-bond acceptors (Lipinski definition) is 4. The van der Waals surface area contributed by atoms with Crippen molar-refractivity contribution < 1.29 is 5.11 Å². The maximum Gasteiger partial charge on any atom is 0.0991 e. The van der Waals surface area contributed by atoms with Gasteiger partial charge in [-0.25, -0.2) is 0 Å². The van der Waals surface area contributed by atoms with Crippen LogP contribution in [0.3, 0.4) is 0 Å². The van der Waals surface area contributed by atoms with Gasteiger partial charge in [0.2, 0.25) is 0 Å². The topological polar surface area (TPSA) is 68.1 Å². The van der Waals surface area contributed by atoms with Crippen molar-refractivity contribution in [1.82, 2.24) is 5.32 Å². The van der Waals surface area contributed by atoms with Gasteiger partial charge in [0.25, 0.3) is 0 Å². The lowest BCUT2D eigenvalue weighted by Crippen LogP contribution is -2.06. The van der Waals surface area contributed by atoms with Gasteiger partial charge < -0.3 is 15.7 Å². The predicted octanol–water partition coefficient (Wildman–Crippen LogP) is 3.08. The van der Waals surface area contributed by atoms with Gasteiger partial charge in [-0.2, -0.15) is 5.26 Å². The van der Waals surface area contributed by atoms with E-state index in [1.54, 1.807) is 0 Å². The van der Waals surface area contributed by atoms with Gasteiger partial charge >= 0.3 is 0 Å². The minimum absolute atomic E-state index is 0. The minimum atomic E-state index is 0. The number of nitrogens with zero attached hydrogens (tertiary/aromatic N) is 1. The van der Waals surface area contributed by atoms with Crippen LogP contribution in [-0.4, -0.2) is 18.3 Å². The summed E-state index contributed by atoms with van der Waals surface area (Å²) >= 11 is 0. The molecule has 23 heavy (non-hydrogen) atoms. The third-order valence-corrected chi connectivity index (χ3v) is 3.73. The number of benzene rings is 2. The Hall–Kier alpha value is -1.77. The Kier molecular flexibility index (Phi) is 7.34. The zero-order chi connectivity index (χ0) is 14.7. The van der Waals surface area contributed by atoms with Crippen molar-refractivity contribution in [3.8, 4) is 17.2 Å². The van der Waals surface area contributed by atoms with Gasteiger partial charge in [0.1, 0.15) is 0 Å². The molecule has 6 heteroatoms. The first-order valence-corrected chi connectivity index (χ1v) is 7.03. The number of anilines is 1. The van der Waals surface area contributed by atoms with Crippen molar-refractivity contribution in [2.45, 2.75) is 13.1 Å². The van der Waals surface area contributed by atoms with E-state index in [1.165, 1.54) is 16.7 Å². The van der Waals surface area contributed by atoms with Crippen molar-refractivity contribution in [3.05, 3.63) is 53.1 Å². The highest BCUT2D eigenvalue weighted by molar-refractivity contribution is 5.85. The molecule has 1 aliphatic rings. The summed E-state index contributed by atoms with van der Waals surface area (Å²) < 4.78 is 0. The van der Waals surface area contributed by atoms with Gasteiger partial charge in [0, 0.05) is 25.3 Å². The largest absolute Gasteiger partial charge is 0.395 e. The summed E-state index contributed by atoms with van der Waals surface area (Å²) in [6.07, 6.45) is 0. The monoisotopic (exact) mass is 351 g/mol. The number of rotatable bonds is 4. The molecule has 1 aliphatic heterocycles. The van der Waals surface area contributed by atoms with Gasteiger partial charge in [0.15, 0.2) is 0 Å². The number of halogens is 2. The fourth-order valence-corrected chi connectivity index (χ4v) is 2.70. The van der Waals surface area contributed by atoms with Gasteiger partial charge in [-0.3, -0.25) is 0 Å². The quantitative estimate of drug-likeness (QED) is 0.791. The van der Waals surface area contributed by atoms with E-state index in [2.05, 4.69) is 28.8 Å². The van der Waals surface area contributed by atoms with E-state index in [4.69, 9.17) is 10.4 Å². The fourth-order valence-electron chi connectivity index (χ4n) is 2.70. The molecule has 0 atom stereocenters. The average Bonchev–Trinajstić information content (AvgIpc) is 3.00. The molecular weight excluding hydrogens is 333 g/mol. The molecule has 0 fully saturated rings. The number of fused-ring (bicyclic) bond motifs is 1. The zero-order valence-corrected chi connectivity index (χ0v) is 14.1. The van der Waals surface area contributed by atoms with Crippen LogP contribution in [0.5, 0.6) is 0 Å². The van der Waals surface area contributed by atoms with E-state index in [-0.39, 0.29) is 31.4 Å². The molecule has 4 nitrogen and oxygen atoms in total. The van der Waals surface area contributed by atoms with Crippen LogP contribution < -0.4 is 10.6 Å². The lowest BCUT2D eigenvalue weighted by molar-refractivity contribution is 0.311. The molecule has 0 saturated heterocycles. The first kappa shape index (κ1) is 19.3. The smallest absolute Gasteiger partial charge is 0.0991 e. The van der Waals surface area contributed by atoms with Crippen LogP contribution in [0.4, 0.5) is 5.69 Å². The molecule has 0 radical (unpaired) electrons. The summed E-state index contributed by atoms with van der Waals surface area (Å²) in [5, 5.41) is 24.5. The van der Waals surface area contributed by atoms with Crippen LogP contribution in [-0.2, 0) is 13.1 Å². The molecule has 0 saturated carbocycles. The third kappa shape index (κ3) is 4.15. The summed E-state index contributed by atoms with van der Waals surface area (Å²) in [5.74, 6) is 0. The van der Waals surface area contributed by atoms with E-state index in [0.717, 1.165) is 24.3 Å². The molecule has 0 aromatic heterocycles. The first-order valence-electron chi connectivity index (χ1n) is 7.03. The van der Waals surface area contributed by atoms with Crippen LogP contribution >= 0.6 is 24.8 Å². The van der Waals surface area contributed by atoms with Crippen molar-refractivity contribution >= 4 is 30.5 Å². The molecule has 3 rings (SSSR count). The Morgan fingerprint density at radius 1 is 1.13 bits per heavy atom.